The van der Waals surface area contributed by atoms with Gasteiger partial charge in [-0.05, 0) is 60.7 Å². The molecule has 0 aliphatic carbocycles. The Kier molecular flexibility index (Phi) is 4.85. The molecule has 4 nitrogen and oxygen atoms in total. The van der Waals surface area contributed by atoms with E-state index >= 15 is 0 Å². The molecule has 2 saturated heterocycles. The minimum absolute atomic E-state index is 0.271. The second kappa shape index (κ2) is 6.69. The predicted molar refractivity (Wildman–Crippen MR) is 89.1 cm³/mol. The van der Waals surface area contributed by atoms with E-state index in [9.17, 15) is 4.79 Å². The van der Waals surface area contributed by atoms with Crippen LogP contribution < -0.4 is 0 Å². The maximum absolute atomic E-state index is 12.7. The lowest BCUT2D eigenvalue weighted by Crippen LogP contribution is -2.41. The SMILES string of the molecule is CN(C)C[C@H]1CN(C(=O)Cc2ccsc2)CC12CCOCC2. The zero-order chi connectivity index (χ0) is 15.6. The van der Waals surface area contributed by atoms with Crippen molar-refractivity contribution in [2.45, 2.75) is 19.3 Å². The van der Waals surface area contributed by atoms with Crippen molar-refractivity contribution in [1.29, 1.82) is 0 Å². The molecule has 2 aliphatic heterocycles. The zero-order valence-corrected chi connectivity index (χ0v) is 14.4. The minimum atomic E-state index is 0.271. The Labute approximate surface area is 137 Å². The minimum Gasteiger partial charge on any atom is -0.381 e. The molecule has 1 spiro atoms. The fraction of sp³-hybridized carbons (Fsp3) is 0.706. The lowest BCUT2D eigenvalue weighted by Gasteiger charge is -2.38. The smallest absolute Gasteiger partial charge is 0.227 e. The van der Waals surface area contributed by atoms with Gasteiger partial charge < -0.3 is 14.5 Å². The molecule has 22 heavy (non-hydrogen) atoms. The molecule has 0 bridgehead atoms. The van der Waals surface area contributed by atoms with Crippen LogP contribution in [0, 0.1) is 11.3 Å². The largest absolute Gasteiger partial charge is 0.381 e. The first kappa shape index (κ1) is 16.0. The van der Waals surface area contributed by atoms with Crippen LogP contribution in [0.1, 0.15) is 18.4 Å². The molecular weight excluding hydrogens is 296 g/mol. The molecule has 0 radical (unpaired) electrons. The van der Waals surface area contributed by atoms with Crippen molar-refractivity contribution in [3.8, 4) is 0 Å². The van der Waals surface area contributed by atoms with Crippen LogP contribution in [0.25, 0.3) is 0 Å². The van der Waals surface area contributed by atoms with Crippen molar-refractivity contribution < 1.29 is 9.53 Å². The quantitative estimate of drug-likeness (QED) is 0.851. The number of hydrogen-bond donors (Lipinski definition) is 0. The van der Waals surface area contributed by atoms with Gasteiger partial charge in [0, 0.05) is 32.8 Å². The van der Waals surface area contributed by atoms with E-state index in [-0.39, 0.29) is 11.3 Å². The van der Waals surface area contributed by atoms with Gasteiger partial charge in [-0.25, -0.2) is 0 Å². The van der Waals surface area contributed by atoms with E-state index in [2.05, 4.69) is 35.3 Å². The summed E-state index contributed by atoms with van der Waals surface area (Å²) < 4.78 is 5.57. The maximum atomic E-state index is 12.7. The van der Waals surface area contributed by atoms with Crippen molar-refractivity contribution in [2.24, 2.45) is 11.3 Å². The van der Waals surface area contributed by atoms with Crippen LogP contribution in [0.5, 0.6) is 0 Å². The second-order valence-electron chi connectivity index (χ2n) is 7.02. The van der Waals surface area contributed by atoms with Gasteiger partial charge in [0.15, 0.2) is 0 Å². The summed E-state index contributed by atoms with van der Waals surface area (Å²) in [5.74, 6) is 0.850. The highest BCUT2D eigenvalue weighted by Crippen LogP contribution is 2.44. The fourth-order valence-corrected chi connectivity index (χ4v) is 4.61. The van der Waals surface area contributed by atoms with Gasteiger partial charge in [-0.3, -0.25) is 4.79 Å². The number of rotatable bonds is 4. The summed E-state index contributed by atoms with van der Waals surface area (Å²) in [6.07, 6.45) is 2.73. The van der Waals surface area contributed by atoms with Crippen LogP contribution in [0.2, 0.25) is 0 Å². The number of carbonyl (C=O) groups excluding carboxylic acids is 1. The number of ether oxygens (including phenoxy) is 1. The Balaban J connectivity index is 1.70. The third-order valence-electron chi connectivity index (χ3n) is 5.17. The highest BCUT2D eigenvalue weighted by atomic mass is 32.1. The summed E-state index contributed by atoms with van der Waals surface area (Å²) in [6, 6.07) is 2.06. The van der Waals surface area contributed by atoms with Gasteiger partial charge in [0.2, 0.25) is 5.91 Å². The first-order chi connectivity index (χ1) is 10.6. The predicted octanol–water partition coefficient (Wildman–Crippen LogP) is 2.11. The number of carbonyl (C=O) groups is 1. The van der Waals surface area contributed by atoms with E-state index in [1.54, 1.807) is 11.3 Å². The standard InChI is InChI=1S/C17H26N2O2S/c1-18(2)10-15-11-19(13-17(15)4-6-21-7-5-17)16(20)9-14-3-8-22-12-14/h3,8,12,15H,4-7,9-11,13H2,1-2H3/t15-/m0/s1. The fourth-order valence-electron chi connectivity index (χ4n) is 3.94. The van der Waals surface area contributed by atoms with E-state index in [4.69, 9.17) is 4.74 Å². The molecule has 0 unspecified atom stereocenters. The maximum Gasteiger partial charge on any atom is 0.227 e. The Bertz CT molecular complexity index is 495. The second-order valence-corrected chi connectivity index (χ2v) is 7.80. The summed E-state index contributed by atoms with van der Waals surface area (Å²) in [4.78, 5) is 17.0. The molecule has 5 heteroatoms. The van der Waals surface area contributed by atoms with Gasteiger partial charge in [-0.2, -0.15) is 11.3 Å². The number of hydrogen-bond acceptors (Lipinski definition) is 4. The van der Waals surface area contributed by atoms with E-state index in [0.717, 1.165) is 51.3 Å². The van der Waals surface area contributed by atoms with Crippen LogP contribution in [0.4, 0.5) is 0 Å². The van der Waals surface area contributed by atoms with Crippen molar-refractivity contribution >= 4 is 17.2 Å². The van der Waals surface area contributed by atoms with Crippen LogP contribution in [-0.2, 0) is 16.0 Å². The molecule has 1 aromatic heterocycles. The van der Waals surface area contributed by atoms with Crippen LogP contribution in [0.15, 0.2) is 16.8 Å². The Morgan fingerprint density at radius 1 is 1.45 bits per heavy atom. The first-order valence-corrected chi connectivity index (χ1v) is 9.05. The van der Waals surface area contributed by atoms with E-state index in [0.29, 0.717) is 12.3 Å². The third kappa shape index (κ3) is 3.36. The Hall–Kier alpha value is -0.910. The van der Waals surface area contributed by atoms with Gasteiger partial charge in [0.25, 0.3) is 0 Å². The van der Waals surface area contributed by atoms with Gasteiger partial charge >= 0.3 is 0 Å². The summed E-state index contributed by atoms with van der Waals surface area (Å²) in [7, 11) is 4.26. The average Bonchev–Trinajstić information content (AvgIpc) is 3.09. The molecule has 0 aromatic carbocycles. The Morgan fingerprint density at radius 3 is 2.86 bits per heavy atom. The molecule has 1 amide bonds. The molecular formula is C17H26N2O2S. The van der Waals surface area contributed by atoms with E-state index in [1.807, 2.05) is 5.38 Å². The topological polar surface area (TPSA) is 32.8 Å². The van der Waals surface area contributed by atoms with Gasteiger partial charge in [-0.15, -0.1) is 0 Å². The number of nitrogens with zero attached hydrogens (tertiary/aromatic N) is 2. The zero-order valence-electron chi connectivity index (χ0n) is 13.6. The van der Waals surface area contributed by atoms with Crippen LogP contribution in [0.3, 0.4) is 0 Å². The summed E-state index contributed by atoms with van der Waals surface area (Å²) in [6.45, 7) is 4.56. The monoisotopic (exact) mass is 322 g/mol. The highest BCUT2D eigenvalue weighted by Gasteiger charge is 2.48. The molecule has 3 rings (SSSR count). The molecule has 122 valence electrons. The van der Waals surface area contributed by atoms with Gasteiger partial charge in [0.1, 0.15) is 0 Å². The molecule has 1 atom stereocenters. The molecule has 1 aromatic rings. The average molecular weight is 322 g/mol. The van der Waals surface area contributed by atoms with Gasteiger partial charge in [-0.1, -0.05) is 0 Å². The van der Waals surface area contributed by atoms with Crippen molar-refractivity contribution in [3.05, 3.63) is 22.4 Å². The van der Waals surface area contributed by atoms with E-state index < -0.39 is 0 Å². The van der Waals surface area contributed by atoms with Crippen molar-refractivity contribution in [3.63, 3.8) is 0 Å². The Morgan fingerprint density at radius 2 is 2.23 bits per heavy atom. The normalized spacial score (nSPS) is 24.3. The summed E-state index contributed by atoms with van der Waals surface area (Å²) in [5.41, 5.74) is 1.42. The molecule has 0 N–H and O–H groups in total. The molecule has 0 saturated carbocycles. The summed E-state index contributed by atoms with van der Waals surface area (Å²) in [5, 5.41) is 4.12. The summed E-state index contributed by atoms with van der Waals surface area (Å²) >= 11 is 1.66. The highest BCUT2D eigenvalue weighted by molar-refractivity contribution is 7.07. The lowest BCUT2D eigenvalue weighted by atomic mass is 9.72. The molecule has 3 heterocycles. The first-order valence-electron chi connectivity index (χ1n) is 8.10. The van der Waals surface area contributed by atoms with Crippen LogP contribution in [-0.4, -0.2) is 62.7 Å². The third-order valence-corrected chi connectivity index (χ3v) is 5.91. The van der Waals surface area contributed by atoms with Crippen molar-refractivity contribution in [2.75, 3.05) is 46.9 Å². The molecule has 2 fully saturated rings. The number of likely N-dealkylation sites (tertiary alicyclic amines) is 1. The molecule has 2 aliphatic rings. The lowest BCUT2D eigenvalue weighted by molar-refractivity contribution is -0.130. The van der Waals surface area contributed by atoms with Crippen LogP contribution >= 0.6 is 11.3 Å². The number of thiophene rings is 1. The number of amides is 1. The van der Waals surface area contributed by atoms with Gasteiger partial charge in [0.05, 0.1) is 6.42 Å². The van der Waals surface area contributed by atoms with Crippen molar-refractivity contribution in [1.82, 2.24) is 9.80 Å². The van der Waals surface area contributed by atoms with E-state index in [1.165, 1.54) is 0 Å².